The lowest BCUT2D eigenvalue weighted by Crippen LogP contribution is -1.92. The summed E-state index contributed by atoms with van der Waals surface area (Å²) in [6, 6.07) is 44.5. The van der Waals surface area contributed by atoms with E-state index in [2.05, 4.69) is 133 Å². The molecule has 6 aromatic carbocycles. The molecule has 1 aliphatic carbocycles. The highest BCUT2D eigenvalue weighted by Gasteiger charge is 2.21. The van der Waals surface area contributed by atoms with Gasteiger partial charge in [-0.05, 0) is 67.8 Å². The first-order chi connectivity index (χ1) is 19.4. The lowest BCUT2D eigenvalue weighted by Gasteiger charge is -2.20. The Morgan fingerprint density at radius 3 is 1.69 bits per heavy atom. The summed E-state index contributed by atoms with van der Waals surface area (Å²) in [4.78, 5) is 1.52. The van der Waals surface area contributed by atoms with Gasteiger partial charge in [0.05, 0.1) is 0 Å². The van der Waals surface area contributed by atoms with Crippen LogP contribution in [-0.2, 0) is 6.42 Å². The zero-order valence-corrected chi connectivity index (χ0v) is 22.3. The third-order valence-electron chi connectivity index (χ3n) is 8.14. The first-order valence-corrected chi connectivity index (χ1v) is 14.5. The molecule has 1 aliphatic rings. The molecule has 0 N–H and O–H groups in total. The van der Waals surface area contributed by atoms with Crippen LogP contribution in [0.15, 0.2) is 127 Å². The zero-order chi connectivity index (χ0) is 25.8. The van der Waals surface area contributed by atoms with Gasteiger partial charge < -0.3 is 0 Å². The predicted molar refractivity (Wildman–Crippen MR) is 170 cm³/mol. The van der Waals surface area contributed by atoms with Crippen molar-refractivity contribution in [3.8, 4) is 33.4 Å². The molecule has 0 bridgehead atoms. The van der Waals surface area contributed by atoms with E-state index >= 15 is 0 Å². The standard InChI is InChI=1S/C38H26S/c1-2-13-25(14-3-1)26-15-4-5-17-28(26)36-29-18-6-8-20-31(29)37(32-21-9-7-19-30(32)36)34-23-12-22-33-27-16-10-11-24-35(27)39-38(33)34/h1-10,12-23H,11,24H2. The molecule has 0 atom stereocenters. The Morgan fingerprint density at radius 2 is 1.00 bits per heavy atom. The van der Waals surface area contributed by atoms with Crippen molar-refractivity contribution in [2.24, 2.45) is 0 Å². The van der Waals surface area contributed by atoms with Crippen molar-refractivity contribution in [1.82, 2.24) is 0 Å². The Bertz CT molecular complexity index is 2000. The fourth-order valence-corrected chi connectivity index (χ4v) is 7.77. The van der Waals surface area contributed by atoms with Crippen molar-refractivity contribution < 1.29 is 0 Å². The topological polar surface area (TPSA) is 0 Å². The minimum absolute atomic E-state index is 1.14. The van der Waals surface area contributed by atoms with E-state index in [9.17, 15) is 0 Å². The number of hydrogen-bond donors (Lipinski definition) is 0. The van der Waals surface area contributed by atoms with E-state index in [0.29, 0.717) is 0 Å². The monoisotopic (exact) mass is 514 g/mol. The largest absolute Gasteiger partial charge is 0.139 e. The Hall–Kier alpha value is -4.46. The van der Waals surface area contributed by atoms with Crippen LogP contribution in [0.1, 0.15) is 16.9 Å². The molecule has 0 fully saturated rings. The molecule has 0 nitrogen and oxygen atoms in total. The Labute approximate surface area is 232 Å². The zero-order valence-electron chi connectivity index (χ0n) is 21.5. The minimum Gasteiger partial charge on any atom is -0.139 e. The summed E-state index contributed by atoms with van der Waals surface area (Å²) in [5, 5.41) is 6.60. The fourth-order valence-electron chi connectivity index (χ4n) is 6.45. The highest BCUT2D eigenvalue weighted by molar-refractivity contribution is 7.20. The van der Waals surface area contributed by atoms with E-state index < -0.39 is 0 Å². The summed E-state index contributed by atoms with van der Waals surface area (Å²) >= 11 is 1.99. The third-order valence-corrected chi connectivity index (χ3v) is 9.45. The molecule has 0 radical (unpaired) electrons. The van der Waals surface area contributed by atoms with Crippen LogP contribution in [-0.4, -0.2) is 0 Å². The van der Waals surface area contributed by atoms with Crippen LogP contribution in [0.2, 0.25) is 0 Å². The van der Waals surface area contributed by atoms with E-state index in [-0.39, 0.29) is 0 Å². The lowest BCUT2D eigenvalue weighted by molar-refractivity contribution is 1.02. The average Bonchev–Trinajstić information content (AvgIpc) is 3.39. The highest BCUT2D eigenvalue weighted by Crippen LogP contribution is 2.49. The average molecular weight is 515 g/mol. The van der Waals surface area contributed by atoms with Gasteiger partial charge in [-0.25, -0.2) is 0 Å². The quantitative estimate of drug-likeness (QED) is 0.206. The first kappa shape index (κ1) is 22.5. The molecule has 39 heavy (non-hydrogen) atoms. The van der Waals surface area contributed by atoms with Crippen LogP contribution in [0, 0.1) is 0 Å². The van der Waals surface area contributed by atoms with Crippen molar-refractivity contribution >= 4 is 49.0 Å². The molecule has 7 aromatic rings. The van der Waals surface area contributed by atoms with Gasteiger partial charge in [0.25, 0.3) is 0 Å². The molecule has 0 spiro atoms. The van der Waals surface area contributed by atoms with Gasteiger partial charge in [-0.2, -0.15) is 0 Å². The summed E-state index contributed by atoms with van der Waals surface area (Å²) in [6.45, 7) is 0. The van der Waals surface area contributed by atoms with Crippen LogP contribution in [0.4, 0.5) is 0 Å². The van der Waals surface area contributed by atoms with E-state index in [4.69, 9.17) is 0 Å². The predicted octanol–water partition coefficient (Wildman–Crippen LogP) is 11.2. The Morgan fingerprint density at radius 1 is 0.462 bits per heavy atom. The van der Waals surface area contributed by atoms with Crippen LogP contribution in [0.3, 0.4) is 0 Å². The van der Waals surface area contributed by atoms with Crippen molar-refractivity contribution in [3.63, 3.8) is 0 Å². The van der Waals surface area contributed by atoms with Crippen molar-refractivity contribution in [3.05, 3.63) is 138 Å². The van der Waals surface area contributed by atoms with Crippen LogP contribution in [0.25, 0.3) is 71.1 Å². The molecule has 8 rings (SSSR count). The summed E-state index contributed by atoms with van der Waals surface area (Å²) < 4.78 is 1.40. The Balaban J connectivity index is 1.51. The van der Waals surface area contributed by atoms with Gasteiger partial charge in [0.2, 0.25) is 0 Å². The van der Waals surface area contributed by atoms with Crippen LogP contribution in [0.5, 0.6) is 0 Å². The van der Waals surface area contributed by atoms with Crippen molar-refractivity contribution in [1.29, 1.82) is 0 Å². The molecule has 1 aromatic heterocycles. The van der Waals surface area contributed by atoms with Gasteiger partial charge in [-0.15, -0.1) is 11.3 Å². The number of fused-ring (bicyclic) bond motifs is 5. The number of thiophene rings is 1. The van der Waals surface area contributed by atoms with Gasteiger partial charge in [0.15, 0.2) is 0 Å². The second-order valence-electron chi connectivity index (χ2n) is 10.3. The number of hydrogen-bond acceptors (Lipinski definition) is 1. The molecular weight excluding hydrogens is 488 g/mol. The van der Waals surface area contributed by atoms with E-state index in [1.807, 2.05) is 11.3 Å². The maximum Gasteiger partial charge on any atom is 0.0430 e. The van der Waals surface area contributed by atoms with Gasteiger partial charge in [-0.1, -0.05) is 133 Å². The number of aryl methyl sites for hydroxylation is 1. The molecular formula is C38H26S. The van der Waals surface area contributed by atoms with E-state index in [0.717, 1.165) is 12.8 Å². The molecule has 1 heterocycles. The van der Waals surface area contributed by atoms with Crippen LogP contribution < -0.4 is 0 Å². The van der Waals surface area contributed by atoms with E-state index in [1.54, 1.807) is 0 Å². The van der Waals surface area contributed by atoms with Crippen LogP contribution >= 0.6 is 11.3 Å². The first-order valence-electron chi connectivity index (χ1n) is 13.7. The smallest absolute Gasteiger partial charge is 0.0430 e. The molecule has 0 saturated carbocycles. The normalized spacial score (nSPS) is 12.8. The molecule has 1 heteroatoms. The maximum atomic E-state index is 2.33. The second kappa shape index (κ2) is 9.08. The number of rotatable bonds is 3. The molecule has 184 valence electrons. The Kier molecular flexibility index (Phi) is 5.24. The molecule has 0 saturated heterocycles. The van der Waals surface area contributed by atoms with Crippen molar-refractivity contribution in [2.75, 3.05) is 0 Å². The lowest BCUT2D eigenvalue weighted by atomic mass is 9.83. The second-order valence-corrected chi connectivity index (χ2v) is 11.4. The maximum absolute atomic E-state index is 2.33. The molecule has 0 amide bonds. The summed E-state index contributed by atoms with van der Waals surface area (Å²) in [5.41, 5.74) is 9.20. The summed E-state index contributed by atoms with van der Waals surface area (Å²) in [5.74, 6) is 0. The number of benzene rings is 6. The number of allylic oxidation sites excluding steroid dienone is 1. The van der Waals surface area contributed by atoms with Crippen molar-refractivity contribution in [2.45, 2.75) is 12.8 Å². The molecule has 0 aliphatic heterocycles. The van der Waals surface area contributed by atoms with Gasteiger partial charge >= 0.3 is 0 Å². The van der Waals surface area contributed by atoms with Gasteiger partial charge in [0, 0.05) is 20.5 Å². The molecule has 0 unspecified atom stereocenters. The SMILES string of the molecule is C1=Cc2c(sc3c(-c4c5ccccc5c(-c5ccccc5-c5ccccc5)c5ccccc45)cccc23)CC1. The van der Waals surface area contributed by atoms with Gasteiger partial charge in [0.1, 0.15) is 0 Å². The third kappa shape index (κ3) is 3.51. The van der Waals surface area contributed by atoms with E-state index in [1.165, 1.54) is 75.5 Å². The summed E-state index contributed by atoms with van der Waals surface area (Å²) in [7, 11) is 0. The highest BCUT2D eigenvalue weighted by atomic mass is 32.1. The van der Waals surface area contributed by atoms with Gasteiger partial charge in [-0.3, -0.25) is 0 Å². The minimum atomic E-state index is 1.14. The summed E-state index contributed by atoms with van der Waals surface area (Å²) in [6.07, 6.45) is 6.93. The fraction of sp³-hybridized carbons (Fsp3) is 0.0526.